The summed E-state index contributed by atoms with van der Waals surface area (Å²) in [6.45, 7) is 15.2. The minimum Gasteiger partial charge on any atom is -0.336 e. The molecule has 2 aromatic rings. The number of pyridine rings is 1. The fourth-order valence-corrected chi connectivity index (χ4v) is 4.56. The standard InChI is InChI=1S/C24H34N6O/c1-15(2)20(14-25)28-9-11-29(12-10-28)23(31)18-13-19(17-7-8-17)26-22-21(18)16(3)27-30(22)24(4,5)6/h13,15,17,20H,7-12H2,1-6H3. The summed E-state index contributed by atoms with van der Waals surface area (Å²) in [6.07, 6.45) is 2.27. The van der Waals surface area contributed by atoms with Crippen molar-refractivity contribution in [3.8, 4) is 6.07 Å². The van der Waals surface area contributed by atoms with E-state index < -0.39 is 0 Å². The maximum atomic E-state index is 13.7. The van der Waals surface area contributed by atoms with E-state index in [1.807, 2.05) is 22.6 Å². The Balaban J connectivity index is 1.67. The molecule has 1 amide bonds. The molecule has 31 heavy (non-hydrogen) atoms. The van der Waals surface area contributed by atoms with E-state index in [4.69, 9.17) is 10.1 Å². The van der Waals surface area contributed by atoms with Crippen molar-refractivity contribution in [2.24, 2.45) is 5.92 Å². The number of hydrogen-bond donors (Lipinski definition) is 0. The van der Waals surface area contributed by atoms with Crippen molar-refractivity contribution in [2.45, 2.75) is 71.9 Å². The predicted molar refractivity (Wildman–Crippen MR) is 121 cm³/mol. The van der Waals surface area contributed by atoms with Crippen molar-refractivity contribution in [3.63, 3.8) is 0 Å². The van der Waals surface area contributed by atoms with Gasteiger partial charge < -0.3 is 4.90 Å². The molecular weight excluding hydrogens is 388 g/mol. The van der Waals surface area contributed by atoms with Gasteiger partial charge in [-0.05, 0) is 52.5 Å². The van der Waals surface area contributed by atoms with Crippen LogP contribution >= 0.6 is 0 Å². The normalized spacial score (nSPS) is 19.1. The Morgan fingerprint density at radius 3 is 2.35 bits per heavy atom. The van der Waals surface area contributed by atoms with Crippen molar-refractivity contribution in [1.82, 2.24) is 24.6 Å². The number of nitrogens with zero attached hydrogens (tertiary/aromatic N) is 6. The Labute approximate surface area is 185 Å². The highest BCUT2D eigenvalue weighted by Gasteiger charge is 2.33. The minimum atomic E-state index is -0.212. The quantitative estimate of drug-likeness (QED) is 0.751. The van der Waals surface area contributed by atoms with E-state index in [0.717, 1.165) is 53.9 Å². The molecular formula is C24H34N6O. The molecule has 1 unspecified atom stereocenters. The van der Waals surface area contributed by atoms with Crippen LogP contribution in [0.15, 0.2) is 6.07 Å². The van der Waals surface area contributed by atoms with E-state index in [1.165, 1.54) is 0 Å². The van der Waals surface area contributed by atoms with E-state index in [9.17, 15) is 10.1 Å². The van der Waals surface area contributed by atoms with Crippen LogP contribution in [0.5, 0.6) is 0 Å². The van der Waals surface area contributed by atoms with Gasteiger partial charge in [0.15, 0.2) is 5.65 Å². The molecule has 2 aliphatic rings. The van der Waals surface area contributed by atoms with Crippen LogP contribution < -0.4 is 0 Å². The third-order valence-corrected chi connectivity index (χ3v) is 6.45. The van der Waals surface area contributed by atoms with E-state index in [-0.39, 0.29) is 23.4 Å². The van der Waals surface area contributed by atoms with Crippen molar-refractivity contribution in [2.75, 3.05) is 26.2 Å². The molecule has 0 spiro atoms. The van der Waals surface area contributed by atoms with Crippen LogP contribution in [0.1, 0.15) is 75.1 Å². The number of aromatic nitrogens is 3. The number of nitriles is 1. The first-order valence-corrected chi connectivity index (χ1v) is 11.5. The smallest absolute Gasteiger partial charge is 0.254 e. The summed E-state index contributed by atoms with van der Waals surface area (Å²) in [4.78, 5) is 22.8. The van der Waals surface area contributed by atoms with E-state index >= 15 is 0 Å². The van der Waals surface area contributed by atoms with Crippen LogP contribution in [0.3, 0.4) is 0 Å². The molecule has 3 heterocycles. The maximum Gasteiger partial charge on any atom is 0.254 e. The number of hydrogen-bond acceptors (Lipinski definition) is 5. The van der Waals surface area contributed by atoms with Crippen LogP contribution in [0.4, 0.5) is 0 Å². The van der Waals surface area contributed by atoms with Gasteiger partial charge >= 0.3 is 0 Å². The topological polar surface area (TPSA) is 78.1 Å². The Morgan fingerprint density at radius 1 is 1.19 bits per heavy atom. The van der Waals surface area contributed by atoms with Gasteiger partial charge in [-0.15, -0.1) is 0 Å². The lowest BCUT2D eigenvalue weighted by molar-refractivity contribution is 0.0578. The largest absolute Gasteiger partial charge is 0.336 e. The SMILES string of the molecule is Cc1nn(C(C)(C)C)c2nc(C3CC3)cc(C(=O)N3CCN(C(C#N)C(C)C)CC3)c12. The molecule has 166 valence electrons. The lowest BCUT2D eigenvalue weighted by Crippen LogP contribution is -2.52. The first kappa shape index (κ1) is 21.8. The third-order valence-electron chi connectivity index (χ3n) is 6.45. The van der Waals surface area contributed by atoms with Crippen molar-refractivity contribution >= 4 is 16.9 Å². The highest BCUT2D eigenvalue weighted by molar-refractivity contribution is 6.06. The average molecular weight is 423 g/mol. The first-order valence-electron chi connectivity index (χ1n) is 11.5. The summed E-state index contributed by atoms with van der Waals surface area (Å²) < 4.78 is 1.97. The molecule has 1 atom stereocenters. The van der Waals surface area contributed by atoms with Gasteiger partial charge in [0, 0.05) is 37.8 Å². The molecule has 0 bridgehead atoms. The van der Waals surface area contributed by atoms with Crippen molar-refractivity contribution in [1.29, 1.82) is 5.26 Å². The van der Waals surface area contributed by atoms with Crippen LogP contribution in [-0.2, 0) is 5.54 Å². The lowest BCUT2D eigenvalue weighted by Gasteiger charge is -2.38. The average Bonchev–Trinajstić information content (AvgIpc) is 3.50. The molecule has 0 radical (unpaired) electrons. The Kier molecular flexibility index (Phi) is 5.55. The van der Waals surface area contributed by atoms with E-state index in [0.29, 0.717) is 19.0 Å². The van der Waals surface area contributed by atoms with Gasteiger partial charge in [-0.25, -0.2) is 9.67 Å². The second-order valence-electron chi connectivity index (χ2n) is 10.4. The molecule has 7 nitrogen and oxygen atoms in total. The van der Waals surface area contributed by atoms with Gasteiger partial charge in [0.05, 0.1) is 28.3 Å². The van der Waals surface area contributed by atoms with Crippen molar-refractivity contribution in [3.05, 3.63) is 23.0 Å². The molecule has 1 saturated carbocycles. The number of fused-ring (bicyclic) bond motifs is 1. The van der Waals surface area contributed by atoms with Crippen LogP contribution in [-0.4, -0.2) is 62.7 Å². The molecule has 2 aromatic heterocycles. The molecule has 1 aliphatic carbocycles. The fraction of sp³-hybridized carbons (Fsp3) is 0.667. The summed E-state index contributed by atoms with van der Waals surface area (Å²) in [5.74, 6) is 0.793. The molecule has 0 N–H and O–H groups in total. The first-order chi connectivity index (χ1) is 14.6. The predicted octanol–water partition coefficient (Wildman–Crippen LogP) is 3.68. The minimum absolute atomic E-state index is 0.0589. The molecule has 4 rings (SSSR count). The Hall–Kier alpha value is -2.46. The molecule has 0 aromatic carbocycles. The molecule has 1 saturated heterocycles. The Morgan fingerprint density at radius 2 is 1.84 bits per heavy atom. The van der Waals surface area contributed by atoms with Gasteiger partial charge in [0.1, 0.15) is 6.04 Å². The lowest BCUT2D eigenvalue weighted by atomic mass is 10.0. The number of piperazine rings is 1. The zero-order chi connectivity index (χ0) is 22.5. The molecule has 2 fully saturated rings. The molecule has 1 aliphatic heterocycles. The monoisotopic (exact) mass is 422 g/mol. The maximum absolute atomic E-state index is 13.7. The second kappa shape index (κ2) is 7.90. The van der Waals surface area contributed by atoms with Crippen LogP contribution in [0.2, 0.25) is 0 Å². The van der Waals surface area contributed by atoms with Crippen LogP contribution in [0.25, 0.3) is 11.0 Å². The van der Waals surface area contributed by atoms with E-state index in [2.05, 4.69) is 45.6 Å². The number of carbonyl (C=O) groups excluding carboxylic acids is 1. The van der Waals surface area contributed by atoms with Gasteiger partial charge in [-0.2, -0.15) is 10.4 Å². The van der Waals surface area contributed by atoms with Gasteiger partial charge in [-0.3, -0.25) is 9.69 Å². The zero-order valence-electron chi connectivity index (χ0n) is 19.6. The number of amides is 1. The summed E-state index contributed by atoms with van der Waals surface area (Å²) in [5, 5.41) is 15.2. The zero-order valence-corrected chi connectivity index (χ0v) is 19.6. The number of aryl methyl sites for hydroxylation is 1. The summed E-state index contributed by atoms with van der Waals surface area (Å²) in [5.41, 5.74) is 3.21. The summed E-state index contributed by atoms with van der Waals surface area (Å²) in [6, 6.07) is 4.34. The van der Waals surface area contributed by atoms with Gasteiger partial charge in [0.25, 0.3) is 5.91 Å². The number of rotatable bonds is 4. The number of carbonyl (C=O) groups is 1. The van der Waals surface area contributed by atoms with Crippen molar-refractivity contribution < 1.29 is 4.79 Å². The summed E-state index contributed by atoms with van der Waals surface area (Å²) >= 11 is 0. The second-order valence-corrected chi connectivity index (χ2v) is 10.4. The van der Waals surface area contributed by atoms with E-state index in [1.54, 1.807) is 0 Å². The van der Waals surface area contributed by atoms with Gasteiger partial charge in [-0.1, -0.05) is 13.8 Å². The van der Waals surface area contributed by atoms with Crippen LogP contribution in [0, 0.1) is 24.2 Å². The highest BCUT2D eigenvalue weighted by Crippen LogP contribution is 2.41. The fourth-order valence-electron chi connectivity index (χ4n) is 4.56. The summed E-state index contributed by atoms with van der Waals surface area (Å²) in [7, 11) is 0. The molecule has 7 heteroatoms. The third kappa shape index (κ3) is 4.06. The van der Waals surface area contributed by atoms with Gasteiger partial charge in [0.2, 0.25) is 0 Å². The Bertz CT molecular complexity index is 1030. The highest BCUT2D eigenvalue weighted by atomic mass is 16.2.